The van der Waals surface area contributed by atoms with Crippen LogP contribution in [0.25, 0.3) is 0 Å². The SMILES string of the molecule is O=COCc1cnccn1. The Labute approximate surface area is 57.9 Å². The van der Waals surface area contributed by atoms with Gasteiger partial charge in [0.25, 0.3) is 6.47 Å². The molecule has 0 saturated carbocycles. The third-order valence-electron chi connectivity index (χ3n) is 0.916. The Hall–Kier alpha value is -1.45. The first kappa shape index (κ1) is 6.67. The number of hydrogen-bond donors (Lipinski definition) is 0. The summed E-state index contributed by atoms with van der Waals surface area (Å²) in [7, 11) is 0. The second-order valence-corrected chi connectivity index (χ2v) is 1.60. The van der Waals surface area contributed by atoms with Crippen LogP contribution in [0.15, 0.2) is 18.6 Å². The lowest BCUT2D eigenvalue weighted by atomic mass is 10.5. The summed E-state index contributed by atoms with van der Waals surface area (Å²) in [4.78, 5) is 17.4. The molecule has 0 saturated heterocycles. The van der Waals surface area contributed by atoms with E-state index in [1.807, 2.05) is 0 Å². The molecule has 0 aliphatic rings. The molecule has 0 unspecified atom stereocenters. The van der Waals surface area contributed by atoms with Gasteiger partial charge in [-0.25, -0.2) is 0 Å². The number of hydrogen-bond acceptors (Lipinski definition) is 4. The van der Waals surface area contributed by atoms with Crippen LogP contribution in [0.3, 0.4) is 0 Å². The number of carbonyl (C=O) groups is 1. The Balaban J connectivity index is 2.50. The van der Waals surface area contributed by atoms with Gasteiger partial charge >= 0.3 is 0 Å². The molecule has 52 valence electrons. The molecule has 0 radical (unpaired) electrons. The van der Waals surface area contributed by atoms with Crippen LogP contribution in [0.4, 0.5) is 0 Å². The standard InChI is InChI=1S/C6H6N2O2/c9-5-10-4-6-3-7-1-2-8-6/h1-3,5H,4H2. The first-order chi connectivity index (χ1) is 4.93. The van der Waals surface area contributed by atoms with Crippen LogP contribution in [0.5, 0.6) is 0 Å². The maximum absolute atomic E-state index is 9.71. The zero-order chi connectivity index (χ0) is 7.23. The molecule has 1 heterocycles. The van der Waals surface area contributed by atoms with E-state index in [2.05, 4.69) is 14.7 Å². The smallest absolute Gasteiger partial charge is 0.293 e. The summed E-state index contributed by atoms with van der Waals surface area (Å²) in [6.45, 7) is 0.575. The van der Waals surface area contributed by atoms with Crippen LogP contribution in [-0.2, 0) is 16.1 Å². The fourth-order valence-electron chi connectivity index (χ4n) is 0.524. The van der Waals surface area contributed by atoms with Gasteiger partial charge in [0.15, 0.2) is 0 Å². The number of nitrogens with zero attached hydrogens (tertiary/aromatic N) is 2. The predicted octanol–water partition coefficient (Wildman–Crippen LogP) is 0.150. The number of ether oxygens (including phenoxy) is 1. The van der Waals surface area contributed by atoms with Gasteiger partial charge in [0.1, 0.15) is 6.61 Å². The van der Waals surface area contributed by atoms with E-state index in [1.165, 1.54) is 0 Å². The van der Waals surface area contributed by atoms with Crippen LogP contribution in [0, 0.1) is 0 Å². The Bertz CT molecular complexity index is 200. The lowest BCUT2D eigenvalue weighted by Crippen LogP contribution is -1.93. The van der Waals surface area contributed by atoms with E-state index in [4.69, 9.17) is 0 Å². The van der Waals surface area contributed by atoms with Crippen molar-refractivity contribution >= 4 is 6.47 Å². The Morgan fingerprint density at radius 2 is 2.50 bits per heavy atom. The number of aromatic nitrogens is 2. The second kappa shape index (κ2) is 3.55. The molecule has 0 aromatic carbocycles. The van der Waals surface area contributed by atoms with Gasteiger partial charge in [-0.15, -0.1) is 0 Å². The van der Waals surface area contributed by atoms with Crippen molar-refractivity contribution in [3.8, 4) is 0 Å². The summed E-state index contributed by atoms with van der Waals surface area (Å²) in [5, 5.41) is 0. The van der Waals surface area contributed by atoms with Crippen molar-refractivity contribution < 1.29 is 9.53 Å². The fraction of sp³-hybridized carbons (Fsp3) is 0.167. The molecule has 4 nitrogen and oxygen atoms in total. The van der Waals surface area contributed by atoms with Crippen LogP contribution >= 0.6 is 0 Å². The number of rotatable bonds is 3. The predicted molar refractivity (Wildman–Crippen MR) is 32.9 cm³/mol. The van der Waals surface area contributed by atoms with E-state index >= 15 is 0 Å². The molecular formula is C6H6N2O2. The fourth-order valence-corrected chi connectivity index (χ4v) is 0.524. The lowest BCUT2D eigenvalue weighted by Gasteiger charge is -1.94. The quantitative estimate of drug-likeness (QED) is 0.558. The zero-order valence-electron chi connectivity index (χ0n) is 5.23. The zero-order valence-corrected chi connectivity index (χ0v) is 5.23. The Morgan fingerprint density at radius 3 is 3.10 bits per heavy atom. The maximum atomic E-state index is 9.71. The average Bonchev–Trinajstić information content (AvgIpc) is 2.03. The highest BCUT2D eigenvalue weighted by atomic mass is 16.5. The van der Waals surface area contributed by atoms with Crippen molar-refractivity contribution in [2.24, 2.45) is 0 Å². The monoisotopic (exact) mass is 138 g/mol. The van der Waals surface area contributed by atoms with E-state index in [-0.39, 0.29) is 6.61 Å². The first-order valence-corrected chi connectivity index (χ1v) is 2.73. The molecule has 1 aromatic heterocycles. The van der Waals surface area contributed by atoms with Crippen LogP contribution in [-0.4, -0.2) is 16.4 Å². The van der Waals surface area contributed by atoms with Crippen LogP contribution in [0.2, 0.25) is 0 Å². The molecule has 0 amide bonds. The van der Waals surface area contributed by atoms with Gasteiger partial charge in [-0.1, -0.05) is 0 Å². The highest BCUT2D eigenvalue weighted by Crippen LogP contribution is 1.90. The van der Waals surface area contributed by atoms with E-state index in [0.29, 0.717) is 12.2 Å². The van der Waals surface area contributed by atoms with Crippen LogP contribution < -0.4 is 0 Å². The molecular weight excluding hydrogens is 132 g/mol. The summed E-state index contributed by atoms with van der Waals surface area (Å²) in [6, 6.07) is 0. The topological polar surface area (TPSA) is 52.1 Å². The molecule has 0 aliphatic carbocycles. The third-order valence-corrected chi connectivity index (χ3v) is 0.916. The summed E-state index contributed by atoms with van der Waals surface area (Å²) < 4.78 is 4.44. The van der Waals surface area contributed by atoms with Gasteiger partial charge < -0.3 is 4.74 Å². The molecule has 1 rings (SSSR count). The van der Waals surface area contributed by atoms with Gasteiger partial charge in [0, 0.05) is 12.4 Å². The maximum Gasteiger partial charge on any atom is 0.293 e. The van der Waals surface area contributed by atoms with Crippen molar-refractivity contribution in [3.05, 3.63) is 24.3 Å². The Kier molecular flexibility index (Phi) is 2.37. The summed E-state index contributed by atoms with van der Waals surface area (Å²) >= 11 is 0. The molecule has 0 N–H and O–H groups in total. The van der Waals surface area contributed by atoms with Gasteiger partial charge in [-0.05, 0) is 0 Å². The molecule has 4 heteroatoms. The van der Waals surface area contributed by atoms with Gasteiger partial charge in [0.2, 0.25) is 0 Å². The summed E-state index contributed by atoms with van der Waals surface area (Å²) in [6.07, 6.45) is 4.65. The average molecular weight is 138 g/mol. The summed E-state index contributed by atoms with van der Waals surface area (Å²) in [5.74, 6) is 0. The highest BCUT2D eigenvalue weighted by Gasteiger charge is 1.90. The van der Waals surface area contributed by atoms with Crippen molar-refractivity contribution in [2.75, 3.05) is 0 Å². The highest BCUT2D eigenvalue weighted by molar-refractivity contribution is 5.36. The number of carbonyl (C=O) groups excluding carboxylic acids is 1. The van der Waals surface area contributed by atoms with Crippen molar-refractivity contribution in [2.45, 2.75) is 6.61 Å². The minimum Gasteiger partial charge on any atom is -0.461 e. The van der Waals surface area contributed by atoms with Crippen molar-refractivity contribution in [3.63, 3.8) is 0 Å². The molecule has 0 spiro atoms. The molecule has 0 atom stereocenters. The minimum atomic E-state index is 0.192. The van der Waals surface area contributed by atoms with Crippen molar-refractivity contribution in [1.29, 1.82) is 0 Å². The van der Waals surface area contributed by atoms with E-state index in [1.54, 1.807) is 18.6 Å². The van der Waals surface area contributed by atoms with Gasteiger partial charge in [0.05, 0.1) is 11.9 Å². The third kappa shape index (κ3) is 1.81. The van der Waals surface area contributed by atoms with Crippen LogP contribution in [0.1, 0.15) is 5.69 Å². The first-order valence-electron chi connectivity index (χ1n) is 2.73. The van der Waals surface area contributed by atoms with Crippen molar-refractivity contribution in [1.82, 2.24) is 9.97 Å². The van der Waals surface area contributed by atoms with E-state index < -0.39 is 0 Å². The molecule has 0 aliphatic heterocycles. The lowest BCUT2D eigenvalue weighted by molar-refractivity contribution is -0.129. The molecule has 1 aromatic rings. The van der Waals surface area contributed by atoms with E-state index in [9.17, 15) is 4.79 Å². The minimum absolute atomic E-state index is 0.192. The molecule has 0 fully saturated rings. The largest absolute Gasteiger partial charge is 0.461 e. The second-order valence-electron chi connectivity index (χ2n) is 1.60. The molecule has 10 heavy (non-hydrogen) atoms. The van der Waals surface area contributed by atoms with Gasteiger partial charge in [-0.2, -0.15) is 0 Å². The van der Waals surface area contributed by atoms with E-state index in [0.717, 1.165) is 0 Å². The Morgan fingerprint density at radius 1 is 1.60 bits per heavy atom. The summed E-state index contributed by atoms with van der Waals surface area (Å²) in [5.41, 5.74) is 0.648. The normalized spacial score (nSPS) is 8.80. The van der Waals surface area contributed by atoms with Gasteiger partial charge in [-0.3, -0.25) is 14.8 Å². The molecule has 0 bridgehead atoms.